The Morgan fingerprint density at radius 1 is 1.57 bits per heavy atom. The lowest BCUT2D eigenvalue weighted by atomic mass is 10.2. The third-order valence-corrected chi connectivity index (χ3v) is 2.17. The summed E-state index contributed by atoms with van der Waals surface area (Å²) in [6.07, 6.45) is 1.59. The van der Waals surface area contributed by atoms with Crippen LogP contribution in [0.2, 0.25) is 0 Å². The Kier molecular flexibility index (Phi) is 3.06. The van der Waals surface area contributed by atoms with Gasteiger partial charge in [0.25, 0.3) is 0 Å². The first kappa shape index (κ1) is 10.5. The lowest BCUT2D eigenvalue weighted by Crippen LogP contribution is -2.27. The van der Waals surface area contributed by atoms with Crippen LogP contribution in [0.1, 0.15) is 24.2 Å². The number of hydrogen-bond acceptors (Lipinski definition) is 3. The number of carbonyl (C=O) groups is 1. The minimum atomic E-state index is -0.425. The van der Waals surface area contributed by atoms with Crippen LogP contribution in [0, 0.1) is 0 Å². The molecule has 1 aromatic rings. The molecule has 14 heavy (non-hydrogen) atoms. The van der Waals surface area contributed by atoms with Crippen molar-refractivity contribution >= 4 is 11.7 Å². The molecule has 0 aliphatic carbocycles. The van der Waals surface area contributed by atoms with Gasteiger partial charge in [0.1, 0.15) is 5.82 Å². The predicted octanol–water partition coefficient (Wildman–Crippen LogP) is 1.03. The van der Waals surface area contributed by atoms with E-state index in [1.54, 1.807) is 18.3 Å². The zero-order chi connectivity index (χ0) is 10.7. The number of rotatable bonds is 3. The molecule has 0 fully saturated rings. The molecule has 1 aromatic heterocycles. The molecule has 0 saturated carbocycles. The Hall–Kier alpha value is -1.58. The molecule has 0 unspecified atom stereocenters. The van der Waals surface area contributed by atoms with Gasteiger partial charge in [0, 0.05) is 24.8 Å². The second-order valence-corrected chi connectivity index (χ2v) is 3.47. The minimum Gasteiger partial charge on any atom is -0.366 e. The van der Waals surface area contributed by atoms with E-state index in [-0.39, 0.29) is 0 Å². The maximum absolute atomic E-state index is 10.9. The fourth-order valence-electron chi connectivity index (χ4n) is 1.03. The van der Waals surface area contributed by atoms with Crippen molar-refractivity contribution in [2.24, 2.45) is 5.73 Å². The summed E-state index contributed by atoms with van der Waals surface area (Å²) in [6.45, 7) is 4.11. The van der Waals surface area contributed by atoms with Gasteiger partial charge in [0.15, 0.2) is 0 Å². The molecule has 0 aromatic carbocycles. The molecule has 1 heterocycles. The molecular weight excluding hydrogens is 178 g/mol. The monoisotopic (exact) mass is 193 g/mol. The highest BCUT2D eigenvalue weighted by atomic mass is 16.1. The molecule has 2 N–H and O–H groups in total. The van der Waals surface area contributed by atoms with Crippen LogP contribution in [0.3, 0.4) is 0 Å². The van der Waals surface area contributed by atoms with Crippen LogP contribution in [0.5, 0.6) is 0 Å². The highest BCUT2D eigenvalue weighted by Crippen LogP contribution is 2.12. The topological polar surface area (TPSA) is 59.2 Å². The SMILES string of the molecule is CC(C)N(C)c1cc(C(N)=O)ccn1. The molecule has 4 heteroatoms. The first-order valence-electron chi connectivity index (χ1n) is 4.51. The van der Waals surface area contributed by atoms with Crippen molar-refractivity contribution in [1.82, 2.24) is 4.98 Å². The standard InChI is InChI=1S/C10H15N3O/c1-7(2)13(3)9-6-8(10(11)14)4-5-12-9/h4-7H,1-3H3,(H2,11,14). The molecule has 0 aliphatic rings. The van der Waals surface area contributed by atoms with Crippen molar-refractivity contribution in [2.75, 3.05) is 11.9 Å². The number of hydrogen-bond donors (Lipinski definition) is 1. The number of pyridine rings is 1. The second-order valence-electron chi connectivity index (χ2n) is 3.47. The van der Waals surface area contributed by atoms with E-state index >= 15 is 0 Å². The van der Waals surface area contributed by atoms with Gasteiger partial charge in [-0.15, -0.1) is 0 Å². The average molecular weight is 193 g/mol. The van der Waals surface area contributed by atoms with Crippen molar-refractivity contribution in [2.45, 2.75) is 19.9 Å². The lowest BCUT2D eigenvalue weighted by Gasteiger charge is -2.22. The summed E-state index contributed by atoms with van der Waals surface area (Å²) < 4.78 is 0. The van der Waals surface area contributed by atoms with Gasteiger partial charge in [-0.3, -0.25) is 4.79 Å². The van der Waals surface area contributed by atoms with Gasteiger partial charge in [-0.1, -0.05) is 0 Å². The number of carbonyl (C=O) groups excluding carboxylic acids is 1. The van der Waals surface area contributed by atoms with Gasteiger partial charge in [0.2, 0.25) is 5.91 Å². The number of primary amides is 1. The third-order valence-electron chi connectivity index (χ3n) is 2.17. The number of aromatic nitrogens is 1. The van der Waals surface area contributed by atoms with Crippen molar-refractivity contribution in [3.63, 3.8) is 0 Å². The molecular formula is C10H15N3O. The van der Waals surface area contributed by atoms with Crippen molar-refractivity contribution in [3.8, 4) is 0 Å². The molecule has 0 spiro atoms. The summed E-state index contributed by atoms with van der Waals surface area (Å²) in [5.74, 6) is 0.335. The van der Waals surface area contributed by atoms with Gasteiger partial charge in [-0.2, -0.15) is 0 Å². The van der Waals surface area contributed by atoms with Gasteiger partial charge in [0.05, 0.1) is 0 Å². The Labute approximate surface area is 83.7 Å². The smallest absolute Gasteiger partial charge is 0.248 e. The maximum atomic E-state index is 10.9. The summed E-state index contributed by atoms with van der Waals surface area (Å²) in [5.41, 5.74) is 5.66. The van der Waals surface area contributed by atoms with Gasteiger partial charge in [-0.25, -0.2) is 4.98 Å². The highest BCUT2D eigenvalue weighted by Gasteiger charge is 2.08. The molecule has 4 nitrogen and oxygen atoms in total. The predicted molar refractivity (Wildman–Crippen MR) is 56.3 cm³/mol. The summed E-state index contributed by atoms with van der Waals surface area (Å²) >= 11 is 0. The molecule has 0 aliphatic heterocycles. The summed E-state index contributed by atoms with van der Waals surface area (Å²) in [6, 6.07) is 3.65. The lowest BCUT2D eigenvalue weighted by molar-refractivity contribution is 0.1000. The van der Waals surface area contributed by atoms with Crippen molar-refractivity contribution < 1.29 is 4.79 Å². The van der Waals surface area contributed by atoms with Crippen LogP contribution >= 0.6 is 0 Å². The minimum absolute atomic E-state index is 0.339. The van der Waals surface area contributed by atoms with Gasteiger partial charge >= 0.3 is 0 Å². The quantitative estimate of drug-likeness (QED) is 0.779. The van der Waals surface area contributed by atoms with Crippen LogP contribution < -0.4 is 10.6 Å². The summed E-state index contributed by atoms with van der Waals surface area (Å²) in [7, 11) is 1.93. The maximum Gasteiger partial charge on any atom is 0.248 e. The van der Waals surface area contributed by atoms with E-state index in [0.29, 0.717) is 11.6 Å². The highest BCUT2D eigenvalue weighted by molar-refractivity contribution is 5.93. The van der Waals surface area contributed by atoms with E-state index in [9.17, 15) is 4.79 Å². The Balaban J connectivity index is 2.99. The number of anilines is 1. The number of nitrogens with zero attached hydrogens (tertiary/aromatic N) is 2. The zero-order valence-corrected chi connectivity index (χ0v) is 8.69. The first-order chi connectivity index (χ1) is 6.52. The Morgan fingerprint density at radius 3 is 2.71 bits per heavy atom. The van der Waals surface area contributed by atoms with Crippen LogP contribution in [0.25, 0.3) is 0 Å². The number of amides is 1. The van der Waals surface area contributed by atoms with E-state index in [1.807, 2.05) is 11.9 Å². The molecule has 1 rings (SSSR count). The second kappa shape index (κ2) is 4.09. The van der Waals surface area contributed by atoms with Crippen molar-refractivity contribution in [3.05, 3.63) is 23.9 Å². The van der Waals surface area contributed by atoms with E-state index in [4.69, 9.17) is 5.73 Å². The van der Waals surface area contributed by atoms with E-state index in [2.05, 4.69) is 18.8 Å². The normalized spacial score (nSPS) is 10.3. The van der Waals surface area contributed by atoms with E-state index < -0.39 is 5.91 Å². The molecule has 0 radical (unpaired) electrons. The fraction of sp³-hybridized carbons (Fsp3) is 0.400. The van der Waals surface area contributed by atoms with E-state index in [0.717, 1.165) is 5.82 Å². The third kappa shape index (κ3) is 2.22. The van der Waals surface area contributed by atoms with Crippen LogP contribution in [-0.4, -0.2) is 24.0 Å². The Bertz CT molecular complexity index is 336. The number of nitrogens with two attached hydrogens (primary N) is 1. The summed E-state index contributed by atoms with van der Waals surface area (Å²) in [5, 5.41) is 0. The van der Waals surface area contributed by atoms with Crippen LogP contribution in [0.4, 0.5) is 5.82 Å². The van der Waals surface area contributed by atoms with Crippen LogP contribution in [-0.2, 0) is 0 Å². The molecule has 0 saturated heterocycles. The molecule has 76 valence electrons. The zero-order valence-electron chi connectivity index (χ0n) is 8.69. The summed E-state index contributed by atoms with van der Waals surface area (Å²) in [4.78, 5) is 17.1. The average Bonchev–Trinajstić information content (AvgIpc) is 2.16. The largest absolute Gasteiger partial charge is 0.366 e. The molecule has 0 bridgehead atoms. The van der Waals surface area contributed by atoms with Crippen LogP contribution in [0.15, 0.2) is 18.3 Å². The van der Waals surface area contributed by atoms with Gasteiger partial charge in [-0.05, 0) is 26.0 Å². The van der Waals surface area contributed by atoms with Crippen molar-refractivity contribution in [1.29, 1.82) is 0 Å². The Morgan fingerprint density at radius 2 is 2.21 bits per heavy atom. The first-order valence-corrected chi connectivity index (χ1v) is 4.51. The van der Waals surface area contributed by atoms with E-state index in [1.165, 1.54) is 0 Å². The molecule has 1 amide bonds. The van der Waals surface area contributed by atoms with Gasteiger partial charge < -0.3 is 10.6 Å². The molecule has 0 atom stereocenters. The fourth-order valence-corrected chi connectivity index (χ4v) is 1.03.